The number of nitrogens with zero attached hydrogens (tertiary/aromatic N) is 4. The average Bonchev–Trinajstić information content (AvgIpc) is 2.99. The highest BCUT2D eigenvalue weighted by Gasteiger charge is 2.15. The molecule has 118 valence electrons. The van der Waals surface area contributed by atoms with Crippen LogP contribution in [-0.4, -0.2) is 18.9 Å². The monoisotopic (exact) mass is 310 g/mol. The number of benzene rings is 1. The Bertz CT molecular complexity index is 1020. The van der Waals surface area contributed by atoms with Crippen molar-refractivity contribution < 1.29 is 0 Å². The molecule has 0 unspecified atom stereocenters. The summed E-state index contributed by atoms with van der Waals surface area (Å²) in [7, 11) is 1.61. The molecule has 6 nitrogen and oxygen atoms in total. The summed E-state index contributed by atoms with van der Waals surface area (Å²) in [5.74, 6) is 0. The summed E-state index contributed by atoms with van der Waals surface area (Å²) in [5.41, 5.74) is 2.38. The fourth-order valence-electron chi connectivity index (χ4n) is 2.56. The van der Waals surface area contributed by atoms with Crippen LogP contribution in [0.5, 0.6) is 0 Å². The zero-order chi connectivity index (χ0) is 16.7. The van der Waals surface area contributed by atoms with Crippen LogP contribution < -0.4 is 11.2 Å². The van der Waals surface area contributed by atoms with Gasteiger partial charge < -0.3 is 0 Å². The van der Waals surface area contributed by atoms with Gasteiger partial charge in [0, 0.05) is 19.8 Å². The Labute approximate surface area is 132 Å². The maximum absolute atomic E-state index is 12.4. The number of aryl methyl sites for hydroxylation is 2. The molecule has 0 saturated carbocycles. The first kappa shape index (κ1) is 15.0. The molecule has 0 fully saturated rings. The van der Waals surface area contributed by atoms with E-state index in [4.69, 9.17) is 0 Å². The largest absolute Gasteiger partial charge is 0.332 e. The van der Waals surface area contributed by atoms with Crippen molar-refractivity contribution in [2.75, 3.05) is 0 Å². The van der Waals surface area contributed by atoms with E-state index in [0.717, 1.165) is 11.1 Å². The van der Waals surface area contributed by atoms with Crippen LogP contribution in [0.15, 0.2) is 46.6 Å². The van der Waals surface area contributed by atoms with E-state index in [2.05, 4.69) is 11.7 Å². The van der Waals surface area contributed by atoms with Gasteiger partial charge in [-0.2, -0.15) is 0 Å². The van der Waals surface area contributed by atoms with E-state index in [-0.39, 0.29) is 11.2 Å². The number of aromatic nitrogens is 4. The van der Waals surface area contributed by atoms with Crippen LogP contribution in [-0.2, 0) is 13.6 Å². The molecule has 0 bridgehead atoms. The molecule has 0 aliphatic heterocycles. The Hall–Kier alpha value is -2.89. The molecule has 6 heteroatoms. The normalized spacial score (nSPS) is 11.1. The van der Waals surface area contributed by atoms with E-state index >= 15 is 0 Å². The van der Waals surface area contributed by atoms with Crippen LogP contribution >= 0.6 is 0 Å². The van der Waals surface area contributed by atoms with Gasteiger partial charge in [0.25, 0.3) is 5.56 Å². The van der Waals surface area contributed by atoms with Crippen molar-refractivity contribution in [1.82, 2.24) is 18.9 Å². The smallest absolute Gasteiger partial charge is 0.279 e. The molecule has 1 aromatic carbocycles. The molecule has 3 aromatic rings. The number of fused-ring (bicyclic) bond motifs is 1. The van der Waals surface area contributed by atoms with Crippen molar-refractivity contribution in [1.29, 1.82) is 0 Å². The highest BCUT2D eigenvalue weighted by Crippen LogP contribution is 2.17. The summed E-state index contributed by atoms with van der Waals surface area (Å²) in [5, 5.41) is 4.78. The Morgan fingerprint density at radius 1 is 1.22 bits per heavy atom. The van der Waals surface area contributed by atoms with Crippen molar-refractivity contribution in [3.8, 4) is 0 Å². The Kier molecular flexibility index (Phi) is 3.52. The minimum atomic E-state index is -0.365. The molecule has 3 rings (SSSR count). The van der Waals surface area contributed by atoms with Crippen LogP contribution in [0.4, 0.5) is 0 Å². The second-order valence-electron chi connectivity index (χ2n) is 5.51. The van der Waals surface area contributed by atoms with E-state index in [1.165, 1.54) is 9.13 Å². The molecule has 0 atom stereocenters. The van der Waals surface area contributed by atoms with Gasteiger partial charge in [0.15, 0.2) is 5.65 Å². The van der Waals surface area contributed by atoms with E-state index < -0.39 is 0 Å². The fraction of sp³-hybridized carbons (Fsp3) is 0.235. The van der Waals surface area contributed by atoms with Gasteiger partial charge in [-0.25, -0.2) is 9.48 Å². The first-order valence-corrected chi connectivity index (χ1v) is 7.39. The molecule has 0 amide bonds. The van der Waals surface area contributed by atoms with Gasteiger partial charge in [-0.05, 0) is 19.4 Å². The maximum Gasteiger partial charge on any atom is 0.332 e. The molecular weight excluding hydrogens is 292 g/mol. The molecule has 0 N–H and O–H groups in total. The van der Waals surface area contributed by atoms with Crippen molar-refractivity contribution in [3.05, 3.63) is 69.0 Å². The molecule has 0 aliphatic rings. The van der Waals surface area contributed by atoms with Gasteiger partial charge in [0.1, 0.15) is 5.39 Å². The van der Waals surface area contributed by atoms with Gasteiger partial charge in [-0.1, -0.05) is 36.4 Å². The highest BCUT2D eigenvalue weighted by atomic mass is 16.2. The Morgan fingerprint density at radius 2 is 1.87 bits per heavy atom. The third kappa shape index (κ3) is 2.32. The Balaban J connectivity index is 2.21. The summed E-state index contributed by atoms with van der Waals surface area (Å²) in [6.07, 6.45) is 1.63. The molecule has 23 heavy (non-hydrogen) atoms. The average molecular weight is 310 g/mol. The van der Waals surface area contributed by atoms with Crippen molar-refractivity contribution >= 4 is 16.7 Å². The lowest BCUT2D eigenvalue weighted by Crippen LogP contribution is -2.38. The van der Waals surface area contributed by atoms with Crippen LogP contribution in [0.25, 0.3) is 16.7 Å². The minimum Gasteiger partial charge on any atom is -0.279 e. The molecule has 0 aliphatic carbocycles. The first-order chi connectivity index (χ1) is 10.9. The SMILES string of the molecule is C=C(c1ccc(C)cc1)n1cc2c(=O)n(CC)c(=O)n(C)c2n1. The lowest BCUT2D eigenvalue weighted by molar-refractivity contribution is 0.637. The van der Waals surface area contributed by atoms with E-state index in [1.54, 1.807) is 24.9 Å². The van der Waals surface area contributed by atoms with Gasteiger partial charge in [0.05, 0.1) is 5.70 Å². The van der Waals surface area contributed by atoms with Crippen LogP contribution in [0, 0.1) is 6.92 Å². The summed E-state index contributed by atoms with van der Waals surface area (Å²) >= 11 is 0. The summed E-state index contributed by atoms with van der Waals surface area (Å²) in [6, 6.07) is 7.88. The third-order valence-electron chi connectivity index (χ3n) is 3.98. The van der Waals surface area contributed by atoms with Crippen LogP contribution in [0.3, 0.4) is 0 Å². The van der Waals surface area contributed by atoms with Crippen molar-refractivity contribution in [2.45, 2.75) is 20.4 Å². The van der Waals surface area contributed by atoms with E-state index in [0.29, 0.717) is 23.3 Å². The maximum atomic E-state index is 12.4. The number of hydrogen-bond acceptors (Lipinski definition) is 3. The summed E-state index contributed by atoms with van der Waals surface area (Å²) < 4.78 is 4.14. The van der Waals surface area contributed by atoms with Gasteiger partial charge in [-0.3, -0.25) is 13.9 Å². The quantitative estimate of drug-likeness (QED) is 0.740. The van der Waals surface area contributed by atoms with Gasteiger partial charge >= 0.3 is 5.69 Å². The standard InChI is InChI=1S/C17H18N4O2/c1-5-20-16(22)14-10-21(18-15(14)19(4)17(20)23)12(3)13-8-6-11(2)7-9-13/h6-10H,3,5H2,1-2,4H3. The molecular formula is C17H18N4O2. The molecule has 0 saturated heterocycles. The lowest BCUT2D eigenvalue weighted by atomic mass is 10.1. The summed E-state index contributed by atoms with van der Waals surface area (Å²) in [4.78, 5) is 24.6. The highest BCUT2D eigenvalue weighted by molar-refractivity contribution is 5.76. The summed E-state index contributed by atoms with van der Waals surface area (Å²) in [6.45, 7) is 8.15. The predicted molar refractivity (Wildman–Crippen MR) is 90.5 cm³/mol. The third-order valence-corrected chi connectivity index (χ3v) is 3.98. The topological polar surface area (TPSA) is 61.8 Å². The molecule has 2 aromatic heterocycles. The second kappa shape index (κ2) is 5.39. The zero-order valence-electron chi connectivity index (χ0n) is 13.4. The fourth-order valence-corrected chi connectivity index (χ4v) is 2.56. The van der Waals surface area contributed by atoms with Crippen LogP contribution in [0.2, 0.25) is 0 Å². The van der Waals surface area contributed by atoms with Gasteiger partial charge in [-0.15, -0.1) is 5.10 Å². The minimum absolute atomic E-state index is 0.325. The second-order valence-corrected chi connectivity index (χ2v) is 5.51. The van der Waals surface area contributed by atoms with Crippen molar-refractivity contribution in [2.24, 2.45) is 7.05 Å². The molecule has 0 spiro atoms. The first-order valence-electron chi connectivity index (χ1n) is 7.39. The zero-order valence-corrected chi connectivity index (χ0v) is 13.4. The molecule has 2 heterocycles. The predicted octanol–water partition coefficient (Wildman–Crippen LogP) is 1.74. The van der Waals surface area contributed by atoms with Gasteiger partial charge in [0.2, 0.25) is 0 Å². The van der Waals surface area contributed by atoms with Crippen molar-refractivity contribution in [3.63, 3.8) is 0 Å². The van der Waals surface area contributed by atoms with E-state index in [1.807, 2.05) is 31.2 Å². The van der Waals surface area contributed by atoms with E-state index in [9.17, 15) is 9.59 Å². The Morgan fingerprint density at radius 3 is 2.48 bits per heavy atom. The number of hydrogen-bond donors (Lipinski definition) is 0. The van der Waals surface area contributed by atoms with Crippen LogP contribution in [0.1, 0.15) is 18.1 Å². The lowest BCUT2D eigenvalue weighted by Gasteiger charge is -2.06. The number of rotatable bonds is 3. The molecule has 0 radical (unpaired) electrons.